The zero-order valence-corrected chi connectivity index (χ0v) is 14.2. The largest absolute Gasteiger partial charge is 0.466 e. The molecule has 1 aliphatic rings. The van der Waals surface area contributed by atoms with Gasteiger partial charge in [0.25, 0.3) is 0 Å². The van der Waals surface area contributed by atoms with Gasteiger partial charge in [-0.1, -0.05) is 17.7 Å². The molecule has 0 amide bonds. The monoisotopic (exact) mass is 350 g/mol. The first kappa shape index (κ1) is 18.0. The molecule has 0 spiro atoms. The number of hydrogen-bond donors (Lipinski definition) is 1. The molecule has 0 fully saturated rings. The van der Waals surface area contributed by atoms with Gasteiger partial charge in [0.1, 0.15) is 5.82 Å². The molecule has 0 bridgehead atoms. The summed E-state index contributed by atoms with van der Waals surface area (Å²) >= 11 is 6.17. The first-order chi connectivity index (χ1) is 11.4. The van der Waals surface area contributed by atoms with Crippen LogP contribution >= 0.6 is 11.6 Å². The molecule has 0 saturated carbocycles. The molecular formula is C17H16ClFN2O3. The van der Waals surface area contributed by atoms with Gasteiger partial charge in [0.15, 0.2) is 0 Å². The lowest BCUT2D eigenvalue weighted by Gasteiger charge is -2.29. The van der Waals surface area contributed by atoms with Gasteiger partial charge in [-0.2, -0.15) is 5.26 Å². The van der Waals surface area contributed by atoms with Crippen molar-refractivity contribution in [1.29, 1.82) is 5.26 Å². The number of nitrogens with one attached hydrogen (secondary N) is 1. The zero-order chi connectivity index (χ0) is 17.9. The van der Waals surface area contributed by atoms with E-state index in [1.165, 1.54) is 26.4 Å². The van der Waals surface area contributed by atoms with Crippen LogP contribution in [0.1, 0.15) is 18.4 Å². The van der Waals surface area contributed by atoms with Crippen LogP contribution in [0.15, 0.2) is 40.7 Å². The molecule has 0 aliphatic carbocycles. The van der Waals surface area contributed by atoms with Crippen molar-refractivity contribution in [2.75, 3.05) is 20.8 Å². The first-order valence-corrected chi connectivity index (χ1v) is 7.45. The minimum atomic E-state index is -0.762. The summed E-state index contributed by atoms with van der Waals surface area (Å²) in [5.41, 5.74) is 2.03. The Morgan fingerprint density at radius 3 is 2.71 bits per heavy atom. The van der Waals surface area contributed by atoms with Crippen molar-refractivity contribution in [1.82, 2.24) is 5.32 Å². The van der Waals surface area contributed by atoms with E-state index in [1.54, 1.807) is 6.92 Å². The Bertz CT molecular complexity index is 781. The highest BCUT2D eigenvalue weighted by Gasteiger charge is 2.36. The van der Waals surface area contributed by atoms with Gasteiger partial charge in [0, 0.05) is 17.8 Å². The third-order valence-electron chi connectivity index (χ3n) is 3.73. The molecule has 0 aromatic heterocycles. The average Bonchev–Trinajstić information content (AvgIpc) is 2.54. The summed E-state index contributed by atoms with van der Waals surface area (Å²) < 4.78 is 23.4. The van der Waals surface area contributed by atoms with Crippen LogP contribution in [-0.4, -0.2) is 26.8 Å². The van der Waals surface area contributed by atoms with Crippen molar-refractivity contribution in [3.8, 4) is 6.07 Å². The quantitative estimate of drug-likeness (QED) is 0.845. The molecule has 1 aliphatic heterocycles. The number of rotatable bonds is 4. The number of ether oxygens (including phenoxy) is 2. The molecule has 1 N–H and O–H groups in total. The summed E-state index contributed by atoms with van der Waals surface area (Å²) in [7, 11) is 2.74. The SMILES string of the molecule is COCC1=C(C(=O)OC)C(c2ccc(F)cc2Cl)C(C#N)=C(C)N1. The minimum absolute atomic E-state index is 0.121. The fourth-order valence-corrected chi connectivity index (χ4v) is 2.98. The minimum Gasteiger partial charge on any atom is -0.466 e. The number of methoxy groups -OCH3 is 2. The summed E-state index contributed by atoms with van der Waals surface area (Å²) in [6, 6.07) is 5.94. The number of hydrogen-bond acceptors (Lipinski definition) is 5. The number of nitrogens with zero attached hydrogens (tertiary/aromatic N) is 1. The predicted octanol–water partition coefficient (Wildman–Crippen LogP) is 3.04. The molecule has 2 rings (SSSR count). The van der Waals surface area contributed by atoms with Gasteiger partial charge in [-0.3, -0.25) is 0 Å². The van der Waals surface area contributed by atoms with Crippen LogP contribution < -0.4 is 5.32 Å². The summed E-state index contributed by atoms with van der Waals surface area (Å²) in [6.07, 6.45) is 0. The van der Waals surface area contributed by atoms with Gasteiger partial charge in [0.05, 0.1) is 42.5 Å². The van der Waals surface area contributed by atoms with E-state index in [0.717, 1.165) is 6.07 Å². The van der Waals surface area contributed by atoms with Crippen LogP contribution in [0.4, 0.5) is 4.39 Å². The van der Waals surface area contributed by atoms with Crippen molar-refractivity contribution < 1.29 is 18.7 Å². The molecule has 24 heavy (non-hydrogen) atoms. The molecule has 1 atom stereocenters. The lowest BCUT2D eigenvalue weighted by Crippen LogP contribution is -2.31. The Morgan fingerprint density at radius 1 is 1.46 bits per heavy atom. The number of esters is 1. The Morgan fingerprint density at radius 2 is 2.17 bits per heavy atom. The van der Waals surface area contributed by atoms with Crippen LogP contribution in [0.3, 0.4) is 0 Å². The molecule has 126 valence electrons. The maximum absolute atomic E-state index is 13.4. The molecule has 1 aromatic rings. The van der Waals surface area contributed by atoms with Gasteiger partial charge in [-0.15, -0.1) is 0 Å². The second kappa shape index (κ2) is 7.47. The van der Waals surface area contributed by atoms with Crippen molar-refractivity contribution in [2.45, 2.75) is 12.8 Å². The van der Waals surface area contributed by atoms with Crippen LogP contribution in [0.5, 0.6) is 0 Å². The Kier molecular flexibility index (Phi) is 5.60. The molecule has 5 nitrogen and oxygen atoms in total. The number of allylic oxidation sites excluding steroid dienone is 2. The molecule has 0 radical (unpaired) electrons. The zero-order valence-electron chi connectivity index (χ0n) is 13.4. The summed E-state index contributed by atoms with van der Waals surface area (Å²) in [6.45, 7) is 1.84. The van der Waals surface area contributed by atoms with Gasteiger partial charge < -0.3 is 14.8 Å². The Labute approximate surface area is 144 Å². The fourth-order valence-electron chi connectivity index (χ4n) is 2.70. The van der Waals surface area contributed by atoms with Crippen LogP contribution in [0, 0.1) is 17.1 Å². The predicted molar refractivity (Wildman–Crippen MR) is 86.5 cm³/mol. The maximum atomic E-state index is 13.4. The van der Waals surface area contributed by atoms with E-state index < -0.39 is 17.7 Å². The molecule has 0 saturated heterocycles. The van der Waals surface area contributed by atoms with Gasteiger partial charge in [-0.05, 0) is 24.6 Å². The normalized spacial score (nSPS) is 17.4. The van der Waals surface area contributed by atoms with Gasteiger partial charge >= 0.3 is 5.97 Å². The summed E-state index contributed by atoms with van der Waals surface area (Å²) in [5.74, 6) is -1.88. The van der Waals surface area contributed by atoms with Crippen LogP contribution in [-0.2, 0) is 14.3 Å². The van der Waals surface area contributed by atoms with E-state index in [0.29, 0.717) is 22.5 Å². The fraction of sp³-hybridized carbons (Fsp3) is 0.294. The highest BCUT2D eigenvalue weighted by atomic mass is 35.5. The van der Waals surface area contributed by atoms with Crippen LogP contribution in [0.25, 0.3) is 0 Å². The molecule has 7 heteroatoms. The van der Waals surface area contributed by atoms with Crippen molar-refractivity contribution in [3.05, 3.63) is 57.1 Å². The number of carbonyl (C=O) groups is 1. The van der Waals surface area contributed by atoms with Gasteiger partial charge in [-0.25, -0.2) is 9.18 Å². The second-order valence-corrected chi connectivity index (χ2v) is 5.60. The number of benzene rings is 1. The van der Waals surface area contributed by atoms with E-state index in [-0.39, 0.29) is 17.2 Å². The lowest BCUT2D eigenvalue weighted by molar-refractivity contribution is -0.136. The number of carbonyl (C=O) groups excluding carboxylic acids is 1. The highest BCUT2D eigenvalue weighted by Crippen LogP contribution is 2.41. The lowest BCUT2D eigenvalue weighted by atomic mass is 9.81. The first-order valence-electron chi connectivity index (χ1n) is 7.07. The van der Waals surface area contributed by atoms with Crippen molar-refractivity contribution in [2.24, 2.45) is 0 Å². The number of halogens is 2. The van der Waals surface area contributed by atoms with Crippen LogP contribution in [0.2, 0.25) is 5.02 Å². The highest BCUT2D eigenvalue weighted by molar-refractivity contribution is 6.31. The molecule has 1 heterocycles. The Hall–Kier alpha value is -2.36. The van der Waals surface area contributed by atoms with Crippen molar-refractivity contribution >= 4 is 17.6 Å². The third-order valence-corrected chi connectivity index (χ3v) is 4.06. The molecule has 1 unspecified atom stereocenters. The summed E-state index contributed by atoms with van der Waals surface area (Å²) in [5, 5.41) is 12.7. The Balaban J connectivity index is 2.73. The maximum Gasteiger partial charge on any atom is 0.336 e. The van der Waals surface area contributed by atoms with E-state index >= 15 is 0 Å². The van der Waals surface area contributed by atoms with E-state index in [4.69, 9.17) is 21.1 Å². The van der Waals surface area contributed by atoms with E-state index in [9.17, 15) is 14.4 Å². The molecular weight excluding hydrogens is 335 g/mol. The average molecular weight is 351 g/mol. The third kappa shape index (κ3) is 3.28. The smallest absolute Gasteiger partial charge is 0.336 e. The second-order valence-electron chi connectivity index (χ2n) is 5.19. The van der Waals surface area contributed by atoms with E-state index in [1.807, 2.05) is 0 Å². The molecule has 1 aromatic carbocycles. The topological polar surface area (TPSA) is 71.3 Å². The number of nitriles is 1. The number of dihydropyridines is 1. The summed E-state index contributed by atoms with van der Waals surface area (Å²) in [4.78, 5) is 12.4. The standard InChI is InChI=1S/C17H16ClFN2O3/c1-9-12(7-20)15(11-5-4-10(19)6-13(11)18)16(17(22)24-3)14(21-9)8-23-2/h4-6,15,21H,8H2,1-3H3. The van der Waals surface area contributed by atoms with Crippen molar-refractivity contribution in [3.63, 3.8) is 0 Å². The van der Waals surface area contributed by atoms with Gasteiger partial charge in [0.2, 0.25) is 0 Å². The van der Waals surface area contributed by atoms with E-state index in [2.05, 4.69) is 11.4 Å².